The maximum absolute atomic E-state index is 9.36. The molecule has 0 bridgehead atoms. The van der Waals surface area contributed by atoms with E-state index in [1.165, 1.54) is 34.1 Å². The third-order valence-corrected chi connectivity index (χ3v) is 4.62. The molecule has 0 saturated heterocycles. The highest BCUT2D eigenvalue weighted by atomic mass is 15.0. The fraction of sp³-hybridized carbons (Fsp3) is 0.438. The van der Waals surface area contributed by atoms with E-state index >= 15 is 0 Å². The van der Waals surface area contributed by atoms with E-state index < -0.39 is 0 Å². The van der Waals surface area contributed by atoms with Crippen LogP contribution >= 0.6 is 0 Å². The fourth-order valence-corrected chi connectivity index (χ4v) is 3.41. The second-order valence-corrected chi connectivity index (χ2v) is 5.81. The van der Waals surface area contributed by atoms with Crippen molar-refractivity contribution in [1.82, 2.24) is 4.57 Å². The summed E-state index contributed by atoms with van der Waals surface area (Å²) in [6.07, 6.45) is 4.46. The second kappa shape index (κ2) is 3.17. The third kappa shape index (κ3) is 1.17. The Hall–Kier alpha value is -1.75. The summed E-state index contributed by atoms with van der Waals surface area (Å²) in [6.45, 7) is 3.33. The molecule has 2 nitrogen and oxygen atoms in total. The van der Waals surface area contributed by atoms with Crippen molar-refractivity contribution in [2.45, 2.75) is 44.6 Å². The summed E-state index contributed by atoms with van der Waals surface area (Å²) < 4.78 is 2.43. The van der Waals surface area contributed by atoms with E-state index in [1.54, 1.807) is 0 Å². The lowest BCUT2D eigenvalue weighted by Crippen LogP contribution is -2.10. The lowest BCUT2D eigenvalue weighted by molar-refractivity contribution is 0.622. The van der Waals surface area contributed by atoms with Gasteiger partial charge in [-0.1, -0.05) is 6.07 Å². The van der Waals surface area contributed by atoms with Crippen LogP contribution in [0.25, 0.3) is 10.9 Å². The Bertz CT molecular complexity index is 696. The first-order chi connectivity index (χ1) is 8.73. The smallest absolute Gasteiger partial charge is 0.0824 e. The molecule has 2 heterocycles. The zero-order valence-corrected chi connectivity index (χ0v) is 10.7. The molecule has 2 heteroatoms. The predicted octanol–water partition coefficient (Wildman–Crippen LogP) is 3.45. The summed E-state index contributed by atoms with van der Waals surface area (Å²) in [5.41, 5.74) is 5.31. The zero-order chi connectivity index (χ0) is 12.3. The van der Waals surface area contributed by atoms with Gasteiger partial charge in [0.05, 0.1) is 17.0 Å². The summed E-state index contributed by atoms with van der Waals surface area (Å²) in [4.78, 5) is 0. The minimum atomic E-state index is -0.155. The standard InChI is InChI=1S/C16H16N2/c1-11-7-13-9-14(16(10-17)4-5-16)8-12-3-2-6-18(11)15(12)13/h7-9H,2-6H2,1H3. The highest BCUT2D eigenvalue weighted by molar-refractivity contribution is 5.86. The van der Waals surface area contributed by atoms with Crippen LogP contribution in [-0.2, 0) is 18.4 Å². The zero-order valence-electron chi connectivity index (χ0n) is 10.7. The summed E-state index contributed by atoms with van der Waals surface area (Å²) in [5, 5.41) is 10.7. The summed E-state index contributed by atoms with van der Waals surface area (Å²) >= 11 is 0. The maximum atomic E-state index is 9.36. The van der Waals surface area contributed by atoms with Gasteiger partial charge in [-0.3, -0.25) is 0 Å². The minimum absolute atomic E-state index is 0.155. The van der Waals surface area contributed by atoms with Crippen molar-refractivity contribution >= 4 is 10.9 Å². The highest BCUT2D eigenvalue weighted by Gasteiger charge is 2.45. The van der Waals surface area contributed by atoms with Crippen LogP contribution in [0.1, 0.15) is 36.1 Å². The lowest BCUT2D eigenvalue weighted by atomic mass is 9.92. The third-order valence-electron chi connectivity index (χ3n) is 4.62. The van der Waals surface area contributed by atoms with Crippen LogP contribution in [0.2, 0.25) is 0 Å². The van der Waals surface area contributed by atoms with Gasteiger partial charge in [0.15, 0.2) is 0 Å². The van der Waals surface area contributed by atoms with Crippen molar-refractivity contribution in [3.8, 4) is 6.07 Å². The first-order valence-corrected chi connectivity index (χ1v) is 6.78. The molecule has 90 valence electrons. The van der Waals surface area contributed by atoms with E-state index in [0.29, 0.717) is 0 Å². The van der Waals surface area contributed by atoms with Gasteiger partial charge in [-0.05, 0) is 55.9 Å². The van der Waals surface area contributed by atoms with E-state index in [1.807, 2.05) is 0 Å². The number of aromatic nitrogens is 1. The molecule has 1 aromatic carbocycles. The van der Waals surface area contributed by atoms with Gasteiger partial charge in [-0.25, -0.2) is 0 Å². The van der Waals surface area contributed by atoms with Gasteiger partial charge in [-0.15, -0.1) is 0 Å². The number of nitriles is 1. The average molecular weight is 236 g/mol. The Morgan fingerprint density at radius 2 is 2.11 bits per heavy atom. The molecule has 0 unspecified atom stereocenters. The molecule has 0 radical (unpaired) electrons. The number of rotatable bonds is 1. The van der Waals surface area contributed by atoms with E-state index in [-0.39, 0.29) is 5.41 Å². The Morgan fingerprint density at radius 3 is 2.83 bits per heavy atom. The first-order valence-electron chi connectivity index (χ1n) is 6.78. The second-order valence-electron chi connectivity index (χ2n) is 5.81. The Kier molecular flexibility index (Phi) is 1.80. The molecule has 0 atom stereocenters. The summed E-state index contributed by atoms with van der Waals surface area (Å²) in [6, 6.07) is 9.35. The molecule has 0 spiro atoms. The number of hydrogen-bond donors (Lipinski definition) is 0. The molecule has 0 amide bonds. The van der Waals surface area contributed by atoms with Crippen molar-refractivity contribution in [3.05, 3.63) is 35.0 Å². The van der Waals surface area contributed by atoms with E-state index in [2.05, 4.69) is 35.8 Å². The van der Waals surface area contributed by atoms with Gasteiger partial charge in [0.25, 0.3) is 0 Å². The molecule has 18 heavy (non-hydrogen) atoms. The van der Waals surface area contributed by atoms with Crippen molar-refractivity contribution in [3.63, 3.8) is 0 Å². The number of aryl methyl sites for hydroxylation is 3. The fourth-order valence-electron chi connectivity index (χ4n) is 3.41. The van der Waals surface area contributed by atoms with Crippen molar-refractivity contribution in [2.75, 3.05) is 0 Å². The van der Waals surface area contributed by atoms with Crippen LogP contribution in [0.5, 0.6) is 0 Å². The summed E-state index contributed by atoms with van der Waals surface area (Å²) in [7, 11) is 0. The largest absolute Gasteiger partial charge is 0.345 e. The monoisotopic (exact) mass is 236 g/mol. The topological polar surface area (TPSA) is 28.7 Å². The van der Waals surface area contributed by atoms with Crippen LogP contribution < -0.4 is 0 Å². The number of nitrogens with zero attached hydrogens (tertiary/aromatic N) is 2. The Labute approximate surface area is 107 Å². The summed E-state index contributed by atoms with van der Waals surface area (Å²) in [5.74, 6) is 0. The maximum Gasteiger partial charge on any atom is 0.0824 e. The van der Waals surface area contributed by atoms with Gasteiger partial charge >= 0.3 is 0 Å². The normalized spacial score (nSPS) is 19.8. The van der Waals surface area contributed by atoms with Crippen molar-refractivity contribution < 1.29 is 0 Å². The molecular formula is C16H16N2. The Balaban J connectivity index is 2.03. The van der Waals surface area contributed by atoms with Crippen molar-refractivity contribution in [1.29, 1.82) is 5.26 Å². The van der Waals surface area contributed by atoms with Gasteiger partial charge in [0, 0.05) is 17.6 Å². The molecular weight excluding hydrogens is 220 g/mol. The van der Waals surface area contributed by atoms with Crippen LogP contribution in [-0.4, -0.2) is 4.57 Å². The molecule has 1 saturated carbocycles. The molecule has 2 aromatic rings. The van der Waals surface area contributed by atoms with Crippen LogP contribution in [0, 0.1) is 18.3 Å². The van der Waals surface area contributed by atoms with Crippen molar-refractivity contribution in [2.24, 2.45) is 0 Å². The molecule has 4 rings (SSSR count). The minimum Gasteiger partial charge on any atom is -0.345 e. The number of benzene rings is 1. The average Bonchev–Trinajstić information content (AvgIpc) is 3.12. The van der Waals surface area contributed by atoms with E-state index in [0.717, 1.165) is 25.8 Å². The molecule has 1 aliphatic heterocycles. The quantitative estimate of drug-likeness (QED) is 0.745. The molecule has 1 fully saturated rings. The van der Waals surface area contributed by atoms with Gasteiger partial charge in [-0.2, -0.15) is 5.26 Å². The first kappa shape index (κ1) is 10.2. The van der Waals surface area contributed by atoms with Crippen LogP contribution in [0.15, 0.2) is 18.2 Å². The molecule has 1 aliphatic carbocycles. The molecule has 2 aliphatic rings. The van der Waals surface area contributed by atoms with Crippen LogP contribution in [0.3, 0.4) is 0 Å². The lowest BCUT2D eigenvalue weighted by Gasteiger charge is -2.19. The SMILES string of the molecule is Cc1cc2cc(C3(C#N)CC3)cc3c2n1CCC3. The molecule has 1 aromatic heterocycles. The highest BCUT2D eigenvalue weighted by Crippen LogP contribution is 2.49. The van der Waals surface area contributed by atoms with Crippen LogP contribution in [0.4, 0.5) is 0 Å². The predicted molar refractivity (Wildman–Crippen MR) is 71.5 cm³/mol. The van der Waals surface area contributed by atoms with Gasteiger partial charge in [0.1, 0.15) is 0 Å². The van der Waals surface area contributed by atoms with Gasteiger partial charge in [0.2, 0.25) is 0 Å². The number of hydrogen-bond acceptors (Lipinski definition) is 1. The molecule has 0 N–H and O–H groups in total. The van der Waals surface area contributed by atoms with E-state index in [4.69, 9.17) is 0 Å². The van der Waals surface area contributed by atoms with E-state index in [9.17, 15) is 5.26 Å². The Morgan fingerprint density at radius 1 is 1.28 bits per heavy atom. The van der Waals surface area contributed by atoms with Gasteiger partial charge < -0.3 is 4.57 Å².